The molecule has 132 valence electrons. The molecule has 2 heterocycles. The van der Waals surface area contributed by atoms with E-state index in [0.29, 0.717) is 37.3 Å². The smallest absolute Gasteiger partial charge is 0.228 e. The van der Waals surface area contributed by atoms with Gasteiger partial charge in [0.15, 0.2) is 5.82 Å². The van der Waals surface area contributed by atoms with E-state index in [2.05, 4.69) is 20.2 Å². The van der Waals surface area contributed by atoms with E-state index < -0.39 is 11.6 Å². The second kappa shape index (κ2) is 7.65. The summed E-state index contributed by atoms with van der Waals surface area (Å²) in [6, 6.07) is 3.51. The summed E-state index contributed by atoms with van der Waals surface area (Å²) < 4.78 is 27.0. The van der Waals surface area contributed by atoms with E-state index in [1.54, 1.807) is 6.20 Å². The average molecular weight is 346 g/mol. The molecule has 0 bridgehead atoms. The number of amides is 1. The Balaban J connectivity index is 1.57. The summed E-state index contributed by atoms with van der Waals surface area (Å²) in [7, 11) is 0. The quantitative estimate of drug-likeness (QED) is 0.924. The number of nitrogens with zero attached hydrogens (tertiary/aromatic N) is 3. The van der Waals surface area contributed by atoms with Crippen molar-refractivity contribution < 1.29 is 13.6 Å². The molecular formula is C18H20F2N4O. The SMILES string of the molecule is C[C@H](c1ccc(F)cc1F)N1CCC(C(=O)Nc2cnccn2)CC1. The number of anilines is 1. The van der Waals surface area contributed by atoms with Crippen LogP contribution in [0.4, 0.5) is 14.6 Å². The van der Waals surface area contributed by atoms with E-state index in [4.69, 9.17) is 0 Å². The number of nitrogens with one attached hydrogen (secondary N) is 1. The molecule has 1 fully saturated rings. The lowest BCUT2D eigenvalue weighted by Crippen LogP contribution is -2.39. The molecule has 1 atom stereocenters. The zero-order valence-electron chi connectivity index (χ0n) is 14.0. The van der Waals surface area contributed by atoms with Gasteiger partial charge in [-0.05, 0) is 38.9 Å². The van der Waals surface area contributed by atoms with Crippen molar-refractivity contribution in [1.82, 2.24) is 14.9 Å². The first-order valence-corrected chi connectivity index (χ1v) is 8.30. The monoisotopic (exact) mass is 346 g/mol. The summed E-state index contributed by atoms with van der Waals surface area (Å²) >= 11 is 0. The maximum Gasteiger partial charge on any atom is 0.228 e. The molecule has 1 saturated heterocycles. The van der Waals surface area contributed by atoms with Crippen LogP contribution in [-0.4, -0.2) is 33.9 Å². The van der Waals surface area contributed by atoms with Crippen LogP contribution >= 0.6 is 0 Å². The fourth-order valence-corrected chi connectivity index (χ4v) is 3.18. The summed E-state index contributed by atoms with van der Waals surface area (Å²) in [4.78, 5) is 22.4. The highest BCUT2D eigenvalue weighted by Gasteiger charge is 2.28. The number of piperidine rings is 1. The van der Waals surface area contributed by atoms with E-state index in [9.17, 15) is 13.6 Å². The molecule has 1 N–H and O–H groups in total. The fraction of sp³-hybridized carbons (Fsp3) is 0.389. The Morgan fingerprint density at radius 2 is 2.04 bits per heavy atom. The Morgan fingerprint density at radius 3 is 2.68 bits per heavy atom. The van der Waals surface area contributed by atoms with E-state index in [-0.39, 0.29) is 17.9 Å². The first-order valence-electron chi connectivity index (χ1n) is 8.30. The zero-order chi connectivity index (χ0) is 17.8. The predicted molar refractivity (Wildman–Crippen MR) is 89.7 cm³/mol. The van der Waals surface area contributed by atoms with Crippen molar-refractivity contribution in [2.75, 3.05) is 18.4 Å². The molecule has 3 rings (SSSR count). The molecule has 1 aliphatic heterocycles. The highest BCUT2D eigenvalue weighted by molar-refractivity contribution is 5.91. The first kappa shape index (κ1) is 17.4. The van der Waals surface area contributed by atoms with Gasteiger partial charge in [0.05, 0.1) is 6.20 Å². The second-order valence-corrected chi connectivity index (χ2v) is 6.23. The minimum absolute atomic E-state index is 0.0687. The van der Waals surface area contributed by atoms with Crippen LogP contribution in [0.2, 0.25) is 0 Å². The van der Waals surface area contributed by atoms with Crippen LogP contribution in [0.25, 0.3) is 0 Å². The second-order valence-electron chi connectivity index (χ2n) is 6.23. The molecule has 0 radical (unpaired) electrons. The largest absolute Gasteiger partial charge is 0.309 e. The van der Waals surface area contributed by atoms with Crippen LogP contribution in [0.3, 0.4) is 0 Å². The molecule has 0 saturated carbocycles. The van der Waals surface area contributed by atoms with Gasteiger partial charge in [-0.25, -0.2) is 13.8 Å². The van der Waals surface area contributed by atoms with Crippen LogP contribution in [0.15, 0.2) is 36.8 Å². The molecule has 7 heteroatoms. The number of carbonyl (C=O) groups excluding carboxylic acids is 1. The summed E-state index contributed by atoms with van der Waals surface area (Å²) in [6.07, 6.45) is 5.94. The van der Waals surface area contributed by atoms with Gasteiger partial charge in [0.2, 0.25) is 5.91 Å². The van der Waals surface area contributed by atoms with Crippen LogP contribution in [0.1, 0.15) is 31.4 Å². The Bertz CT molecular complexity index is 733. The van der Waals surface area contributed by atoms with Crippen LogP contribution < -0.4 is 5.32 Å². The van der Waals surface area contributed by atoms with Gasteiger partial charge < -0.3 is 5.32 Å². The number of rotatable bonds is 4. The van der Waals surface area contributed by atoms with Crippen molar-refractivity contribution in [2.24, 2.45) is 5.92 Å². The van der Waals surface area contributed by atoms with Crippen LogP contribution in [-0.2, 0) is 4.79 Å². The summed E-state index contributed by atoms with van der Waals surface area (Å²) in [5.41, 5.74) is 0.476. The molecule has 0 spiro atoms. The predicted octanol–water partition coefficient (Wildman–Crippen LogP) is 3.17. The van der Waals surface area contributed by atoms with Gasteiger partial charge in [0.25, 0.3) is 0 Å². The molecule has 1 aromatic heterocycles. The van der Waals surface area contributed by atoms with E-state index in [0.717, 1.165) is 6.07 Å². The van der Waals surface area contributed by atoms with Crippen molar-refractivity contribution in [3.63, 3.8) is 0 Å². The summed E-state index contributed by atoms with van der Waals surface area (Å²) in [5.74, 6) is -0.844. The minimum atomic E-state index is -0.576. The molecule has 2 aromatic rings. The van der Waals surface area contributed by atoms with Crippen LogP contribution in [0.5, 0.6) is 0 Å². The summed E-state index contributed by atoms with van der Waals surface area (Å²) in [5, 5.41) is 2.77. The van der Waals surface area contributed by atoms with Gasteiger partial charge in [-0.15, -0.1) is 0 Å². The van der Waals surface area contributed by atoms with Crippen LogP contribution in [0, 0.1) is 17.6 Å². The molecule has 25 heavy (non-hydrogen) atoms. The van der Waals surface area contributed by atoms with Crippen molar-refractivity contribution >= 4 is 11.7 Å². The lowest BCUT2D eigenvalue weighted by Gasteiger charge is -2.35. The lowest BCUT2D eigenvalue weighted by atomic mass is 9.93. The Morgan fingerprint density at radius 1 is 1.28 bits per heavy atom. The van der Waals surface area contributed by atoms with Gasteiger partial charge in [-0.1, -0.05) is 6.07 Å². The normalized spacial score (nSPS) is 17.2. The first-order chi connectivity index (χ1) is 12.0. The van der Waals surface area contributed by atoms with Gasteiger partial charge in [0.1, 0.15) is 11.6 Å². The number of hydrogen-bond donors (Lipinski definition) is 1. The summed E-state index contributed by atoms with van der Waals surface area (Å²) in [6.45, 7) is 3.25. The third-order valence-electron chi connectivity index (χ3n) is 4.68. The molecular weight excluding hydrogens is 326 g/mol. The Labute approximate surface area is 145 Å². The third kappa shape index (κ3) is 4.17. The number of halogens is 2. The minimum Gasteiger partial charge on any atom is -0.309 e. The highest BCUT2D eigenvalue weighted by atomic mass is 19.1. The topological polar surface area (TPSA) is 58.1 Å². The molecule has 0 unspecified atom stereocenters. The zero-order valence-corrected chi connectivity index (χ0v) is 14.0. The average Bonchev–Trinajstić information content (AvgIpc) is 2.62. The number of aromatic nitrogens is 2. The van der Waals surface area contributed by atoms with Gasteiger partial charge in [0, 0.05) is 36.0 Å². The van der Waals surface area contributed by atoms with Crippen molar-refractivity contribution in [1.29, 1.82) is 0 Å². The number of hydrogen-bond acceptors (Lipinski definition) is 4. The fourth-order valence-electron chi connectivity index (χ4n) is 3.18. The number of carbonyl (C=O) groups is 1. The maximum atomic E-state index is 14.0. The van der Waals surface area contributed by atoms with Gasteiger partial charge in [-0.2, -0.15) is 0 Å². The Kier molecular flexibility index (Phi) is 5.33. The van der Waals surface area contributed by atoms with E-state index in [1.165, 1.54) is 24.5 Å². The van der Waals surface area contributed by atoms with E-state index in [1.807, 2.05) is 6.92 Å². The standard InChI is InChI=1S/C18H20F2N4O/c1-12(15-3-2-14(19)10-16(15)20)24-8-4-13(5-9-24)18(25)23-17-11-21-6-7-22-17/h2-3,6-7,10-13H,4-5,8-9H2,1H3,(H,22,23,25)/t12-/m1/s1. The molecule has 5 nitrogen and oxygen atoms in total. The molecule has 0 aliphatic carbocycles. The van der Waals surface area contributed by atoms with Crippen molar-refractivity contribution in [2.45, 2.75) is 25.8 Å². The highest BCUT2D eigenvalue weighted by Crippen LogP contribution is 2.28. The molecule has 1 amide bonds. The number of likely N-dealkylation sites (tertiary alicyclic amines) is 1. The third-order valence-corrected chi connectivity index (χ3v) is 4.68. The molecule has 1 aromatic carbocycles. The lowest BCUT2D eigenvalue weighted by molar-refractivity contribution is -0.121. The van der Waals surface area contributed by atoms with Crippen molar-refractivity contribution in [3.05, 3.63) is 54.0 Å². The number of benzene rings is 1. The Hall–Kier alpha value is -2.41. The molecule has 1 aliphatic rings. The van der Waals surface area contributed by atoms with Gasteiger partial charge >= 0.3 is 0 Å². The maximum absolute atomic E-state index is 14.0. The van der Waals surface area contributed by atoms with E-state index >= 15 is 0 Å². The van der Waals surface area contributed by atoms with Crippen molar-refractivity contribution in [3.8, 4) is 0 Å². The van der Waals surface area contributed by atoms with Gasteiger partial charge in [-0.3, -0.25) is 14.7 Å².